The highest BCUT2D eigenvalue weighted by Crippen LogP contribution is 2.15. The summed E-state index contributed by atoms with van der Waals surface area (Å²) in [5, 5.41) is 1.01. The van der Waals surface area contributed by atoms with E-state index in [1.54, 1.807) is 10.8 Å². The van der Waals surface area contributed by atoms with Crippen molar-refractivity contribution in [2.24, 2.45) is 5.73 Å². The van der Waals surface area contributed by atoms with Crippen LogP contribution in [0.15, 0.2) is 36.5 Å². The Morgan fingerprint density at radius 2 is 1.88 bits per heavy atom. The molecule has 0 aliphatic rings. The minimum Gasteiger partial charge on any atom is -0.370 e. The fraction of sp³-hybridized carbons (Fsp3) is 0.167. The minimum atomic E-state index is -0.454. The lowest BCUT2D eigenvalue weighted by Crippen LogP contribution is -2.15. The van der Waals surface area contributed by atoms with Crippen LogP contribution in [0.5, 0.6) is 0 Å². The maximum atomic E-state index is 11.8. The van der Waals surface area contributed by atoms with Crippen LogP contribution >= 0.6 is 0 Å². The third-order valence-electron chi connectivity index (χ3n) is 2.45. The zero-order valence-electron chi connectivity index (χ0n) is 8.72. The smallest absolute Gasteiger partial charge is 0.231 e. The first-order valence-corrected chi connectivity index (χ1v) is 5.06. The molecule has 1 amide bonds. The Balaban J connectivity index is 2.26. The second-order valence-corrected chi connectivity index (χ2v) is 3.60. The SMILES string of the molecule is NC(=O)CCC(=O)n1ccc2ccccc21. The molecule has 0 bridgehead atoms. The van der Waals surface area contributed by atoms with Gasteiger partial charge in [0, 0.05) is 24.4 Å². The first-order chi connectivity index (χ1) is 7.68. The molecule has 82 valence electrons. The summed E-state index contributed by atoms with van der Waals surface area (Å²) in [5.74, 6) is -0.565. The summed E-state index contributed by atoms with van der Waals surface area (Å²) in [6.45, 7) is 0. The molecule has 0 saturated heterocycles. The number of para-hydroxylation sites is 1. The molecule has 0 aliphatic heterocycles. The molecule has 1 aromatic carbocycles. The number of carbonyl (C=O) groups is 2. The summed E-state index contributed by atoms with van der Waals surface area (Å²) in [7, 11) is 0. The van der Waals surface area contributed by atoms with Gasteiger partial charge in [0.1, 0.15) is 0 Å². The molecule has 1 heterocycles. The molecule has 2 N–H and O–H groups in total. The van der Waals surface area contributed by atoms with E-state index in [9.17, 15) is 9.59 Å². The third-order valence-corrected chi connectivity index (χ3v) is 2.45. The summed E-state index contributed by atoms with van der Waals surface area (Å²) in [6.07, 6.45) is 1.95. The minimum absolute atomic E-state index is 0.0886. The van der Waals surface area contributed by atoms with Crippen LogP contribution in [0.3, 0.4) is 0 Å². The van der Waals surface area contributed by atoms with E-state index in [-0.39, 0.29) is 18.7 Å². The van der Waals surface area contributed by atoms with Crippen molar-refractivity contribution >= 4 is 22.7 Å². The Hall–Kier alpha value is -2.10. The van der Waals surface area contributed by atoms with Crippen molar-refractivity contribution in [3.63, 3.8) is 0 Å². The van der Waals surface area contributed by atoms with Crippen molar-refractivity contribution in [1.82, 2.24) is 4.57 Å². The maximum absolute atomic E-state index is 11.8. The molecule has 16 heavy (non-hydrogen) atoms. The Morgan fingerprint density at radius 1 is 1.12 bits per heavy atom. The Kier molecular flexibility index (Phi) is 2.72. The van der Waals surface area contributed by atoms with Gasteiger partial charge in [-0.3, -0.25) is 14.2 Å². The average Bonchev–Trinajstić information content (AvgIpc) is 2.69. The van der Waals surface area contributed by atoms with Gasteiger partial charge in [0.25, 0.3) is 0 Å². The normalized spacial score (nSPS) is 10.5. The van der Waals surface area contributed by atoms with Gasteiger partial charge in [0.15, 0.2) is 0 Å². The largest absolute Gasteiger partial charge is 0.370 e. The number of nitrogens with zero attached hydrogens (tertiary/aromatic N) is 1. The van der Waals surface area contributed by atoms with Crippen molar-refractivity contribution in [3.8, 4) is 0 Å². The number of aromatic nitrogens is 1. The van der Waals surface area contributed by atoms with Crippen molar-refractivity contribution in [3.05, 3.63) is 36.5 Å². The lowest BCUT2D eigenvalue weighted by Gasteiger charge is -2.02. The van der Waals surface area contributed by atoms with E-state index in [0.29, 0.717) is 0 Å². The number of amides is 1. The quantitative estimate of drug-likeness (QED) is 0.845. The van der Waals surface area contributed by atoms with Gasteiger partial charge in [-0.05, 0) is 12.1 Å². The highest BCUT2D eigenvalue weighted by molar-refractivity contribution is 5.93. The van der Waals surface area contributed by atoms with Crippen LogP contribution in [0.4, 0.5) is 0 Å². The van der Waals surface area contributed by atoms with Gasteiger partial charge in [-0.25, -0.2) is 0 Å². The van der Waals surface area contributed by atoms with E-state index in [1.807, 2.05) is 30.3 Å². The van der Waals surface area contributed by atoms with Gasteiger partial charge in [0.05, 0.1) is 5.52 Å². The van der Waals surface area contributed by atoms with Crippen LogP contribution in [-0.2, 0) is 4.79 Å². The van der Waals surface area contributed by atoms with E-state index in [1.165, 1.54) is 0 Å². The topological polar surface area (TPSA) is 65.1 Å². The molecule has 4 nitrogen and oxygen atoms in total. The van der Waals surface area contributed by atoms with Gasteiger partial charge in [-0.15, -0.1) is 0 Å². The molecule has 0 atom stereocenters. The highest BCUT2D eigenvalue weighted by Gasteiger charge is 2.09. The lowest BCUT2D eigenvalue weighted by atomic mass is 10.2. The zero-order chi connectivity index (χ0) is 11.5. The number of nitrogens with two attached hydrogens (primary N) is 1. The summed E-state index contributed by atoms with van der Waals surface area (Å²) in [4.78, 5) is 22.4. The first-order valence-electron chi connectivity index (χ1n) is 5.06. The Bertz CT molecular complexity index is 543. The van der Waals surface area contributed by atoms with Crippen molar-refractivity contribution in [2.75, 3.05) is 0 Å². The monoisotopic (exact) mass is 216 g/mol. The van der Waals surface area contributed by atoms with E-state index < -0.39 is 5.91 Å². The molecule has 2 rings (SSSR count). The molecule has 0 aliphatic carbocycles. The molecule has 0 unspecified atom stereocenters. The third kappa shape index (κ3) is 1.95. The van der Waals surface area contributed by atoms with Crippen LogP contribution < -0.4 is 5.73 Å². The second-order valence-electron chi connectivity index (χ2n) is 3.60. The van der Waals surface area contributed by atoms with E-state index >= 15 is 0 Å². The lowest BCUT2D eigenvalue weighted by molar-refractivity contribution is -0.118. The molecule has 0 fully saturated rings. The number of fused-ring (bicyclic) bond motifs is 1. The second kappa shape index (κ2) is 4.18. The molecule has 4 heteroatoms. The van der Waals surface area contributed by atoms with Gasteiger partial charge >= 0.3 is 0 Å². The molecule has 0 radical (unpaired) electrons. The summed E-state index contributed by atoms with van der Waals surface area (Å²) in [5.41, 5.74) is 5.86. The van der Waals surface area contributed by atoms with Crippen molar-refractivity contribution in [2.45, 2.75) is 12.8 Å². The number of benzene rings is 1. The molecule has 2 aromatic rings. The number of primary amides is 1. The Morgan fingerprint density at radius 3 is 2.62 bits per heavy atom. The Labute approximate surface area is 92.7 Å². The van der Waals surface area contributed by atoms with Crippen LogP contribution in [-0.4, -0.2) is 16.4 Å². The molecule has 0 saturated carbocycles. The standard InChI is InChI=1S/C12H12N2O2/c13-11(15)5-6-12(16)14-8-7-9-3-1-2-4-10(9)14/h1-4,7-8H,5-6H2,(H2,13,15). The fourth-order valence-corrected chi connectivity index (χ4v) is 1.65. The highest BCUT2D eigenvalue weighted by atomic mass is 16.2. The summed E-state index contributed by atoms with van der Waals surface area (Å²) >= 11 is 0. The van der Waals surface area contributed by atoms with Crippen LogP contribution in [0.2, 0.25) is 0 Å². The predicted octanol–water partition coefficient (Wildman–Crippen LogP) is 1.55. The predicted molar refractivity (Wildman–Crippen MR) is 61.0 cm³/mol. The van der Waals surface area contributed by atoms with Gasteiger partial charge in [0.2, 0.25) is 11.8 Å². The number of rotatable bonds is 3. The van der Waals surface area contributed by atoms with Crippen molar-refractivity contribution < 1.29 is 9.59 Å². The molecule has 0 spiro atoms. The number of hydrogen-bond donors (Lipinski definition) is 1. The van der Waals surface area contributed by atoms with E-state index in [0.717, 1.165) is 10.9 Å². The van der Waals surface area contributed by atoms with Crippen LogP contribution in [0.1, 0.15) is 17.6 Å². The van der Waals surface area contributed by atoms with Crippen LogP contribution in [0, 0.1) is 0 Å². The summed E-state index contributed by atoms with van der Waals surface area (Å²) < 4.78 is 1.55. The number of carbonyl (C=O) groups excluding carboxylic acids is 2. The van der Waals surface area contributed by atoms with E-state index in [4.69, 9.17) is 5.73 Å². The van der Waals surface area contributed by atoms with Crippen LogP contribution in [0.25, 0.3) is 10.9 Å². The first kappa shape index (κ1) is 10.4. The molecular formula is C12H12N2O2. The summed E-state index contributed by atoms with van der Waals surface area (Å²) in [6, 6.07) is 9.48. The number of hydrogen-bond acceptors (Lipinski definition) is 2. The fourth-order valence-electron chi connectivity index (χ4n) is 1.65. The molecule has 1 aromatic heterocycles. The average molecular weight is 216 g/mol. The van der Waals surface area contributed by atoms with Gasteiger partial charge in [-0.1, -0.05) is 18.2 Å². The van der Waals surface area contributed by atoms with E-state index in [2.05, 4.69) is 0 Å². The molecular weight excluding hydrogens is 204 g/mol. The van der Waals surface area contributed by atoms with Crippen molar-refractivity contribution in [1.29, 1.82) is 0 Å². The zero-order valence-corrected chi connectivity index (χ0v) is 8.72. The van der Waals surface area contributed by atoms with Gasteiger partial charge in [-0.2, -0.15) is 0 Å². The van der Waals surface area contributed by atoms with Gasteiger partial charge < -0.3 is 5.73 Å². The maximum Gasteiger partial charge on any atom is 0.231 e.